The topological polar surface area (TPSA) is 95.3 Å². The Hall–Kier alpha value is -3.95. The van der Waals surface area contributed by atoms with Crippen LogP contribution < -0.4 is 9.47 Å². The third-order valence-electron chi connectivity index (χ3n) is 5.57. The summed E-state index contributed by atoms with van der Waals surface area (Å²) in [7, 11) is 2.77. The molecular formula is C28H24ClNO7S. The summed E-state index contributed by atoms with van der Waals surface area (Å²) in [5, 5.41) is 0.195. The molecule has 2 aromatic carbocycles. The minimum absolute atomic E-state index is 0.00905. The second-order valence-corrected chi connectivity index (χ2v) is 9.57. The van der Waals surface area contributed by atoms with E-state index in [1.807, 2.05) is 18.2 Å². The van der Waals surface area contributed by atoms with E-state index in [0.29, 0.717) is 35.1 Å². The maximum Gasteiger partial charge on any atom is 0.373 e. The van der Waals surface area contributed by atoms with Crippen LogP contribution in [0.2, 0.25) is 5.02 Å². The second-order valence-electron chi connectivity index (χ2n) is 8.14. The monoisotopic (exact) mass is 553 g/mol. The first-order chi connectivity index (χ1) is 18.3. The quantitative estimate of drug-likeness (QED) is 0.165. The summed E-state index contributed by atoms with van der Waals surface area (Å²) in [6.07, 6.45) is 3.87. The maximum absolute atomic E-state index is 13.0. The zero-order valence-corrected chi connectivity index (χ0v) is 22.3. The lowest BCUT2D eigenvalue weighted by atomic mass is 10.0. The number of carbonyl (C=O) groups is 3. The molecule has 38 heavy (non-hydrogen) atoms. The molecule has 0 atom stereocenters. The zero-order chi connectivity index (χ0) is 27.2. The Morgan fingerprint density at radius 3 is 2.58 bits per heavy atom. The van der Waals surface area contributed by atoms with Crippen molar-refractivity contribution in [2.45, 2.75) is 19.6 Å². The van der Waals surface area contributed by atoms with E-state index < -0.39 is 17.1 Å². The second kappa shape index (κ2) is 12.1. The summed E-state index contributed by atoms with van der Waals surface area (Å²) in [5.41, 5.74) is 2.41. The minimum Gasteiger partial charge on any atom is -0.493 e. The lowest BCUT2D eigenvalue weighted by Crippen LogP contribution is -2.27. The maximum atomic E-state index is 13.0. The number of allylic oxidation sites excluding steroid dienone is 1. The van der Waals surface area contributed by atoms with E-state index in [1.54, 1.807) is 30.4 Å². The lowest BCUT2D eigenvalue weighted by Gasteiger charge is -2.16. The first-order valence-electron chi connectivity index (χ1n) is 11.4. The van der Waals surface area contributed by atoms with Gasteiger partial charge in [0.25, 0.3) is 11.1 Å². The number of thioether (sulfide) groups is 1. The number of methoxy groups -OCH3 is 2. The first kappa shape index (κ1) is 27.1. The number of esters is 1. The van der Waals surface area contributed by atoms with Crippen molar-refractivity contribution in [3.05, 3.63) is 99.3 Å². The molecule has 10 heteroatoms. The average Bonchev–Trinajstić information content (AvgIpc) is 3.49. The number of furan rings is 1. The number of ether oxygens (including phenoxy) is 3. The number of amides is 2. The van der Waals surface area contributed by atoms with Gasteiger partial charge in [0.15, 0.2) is 11.5 Å². The van der Waals surface area contributed by atoms with Crippen LogP contribution in [0.15, 0.2) is 70.5 Å². The van der Waals surface area contributed by atoms with E-state index in [9.17, 15) is 14.4 Å². The standard InChI is InChI=1S/C28H24ClNO7S/c1-4-5-19-12-18(13-23(34-2)25(19)36-16-17-6-8-20(29)9-7-17)14-24-26(31)30(28(33)38-24)15-21-10-11-22(37-21)27(32)35-3/h4,6-14H,1,5,15-16H2,2-3H3/b24-14+. The summed E-state index contributed by atoms with van der Waals surface area (Å²) in [5.74, 6) is 0.205. The lowest BCUT2D eigenvalue weighted by molar-refractivity contribution is -0.123. The minimum atomic E-state index is -0.643. The summed E-state index contributed by atoms with van der Waals surface area (Å²) in [4.78, 5) is 38.6. The Labute approximate surface area is 228 Å². The molecule has 1 aliphatic heterocycles. The fourth-order valence-electron chi connectivity index (χ4n) is 3.74. The highest BCUT2D eigenvalue weighted by atomic mass is 35.5. The van der Waals surface area contributed by atoms with E-state index in [0.717, 1.165) is 27.8 Å². The molecule has 8 nitrogen and oxygen atoms in total. The molecule has 1 saturated heterocycles. The predicted octanol–water partition coefficient (Wildman–Crippen LogP) is 6.27. The van der Waals surface area contributed by atoms with E-state index in [4.69, 9.17) is 25.5 Å². The molecule has 3 aromatic rings. The molecule has 2 amide bonds. The molecule has 196 valence electrons. The van der Waals surface area contributed by atoms with Gasteiger partial charge in [-0.3, -0.25) is 14.5 Å². The number of rotatable bonds is 10. The van der Waals surface area contributed by atoms with Crippen LogP contribution in [-0.4, -0.2) is 36.2 Å². The molecule has 0 radical (unpaired) electrons. The zero-order valence-electron chi connectivity index (χ0n) is 20.7. The van der Waals surface area contributed by atoms with Crippen molar-refractivity contribution < 1.29 is 33.0 Å². The molecular weight excluding hydrogens is 530 g/mol. The Bertz CT molecular complexity index is 1410. The number of halogens is 1. The smallest absolute Gasteiger partial charge is 0.373 e. The van der Waals surface area contributed by atoms with Crippen LogP contribution in [0, 0.1) is 0 Å². The summed E-state index contributed by atoms with van der Waals surface area (Å²) in [6, 6.07) is 13.9. The number of benzene rings is 2. The normalized spacial score (nSPS) is 14.2. The molecule has 4 rings (SSSR count). The number of imide groups is 1. The number of hydrogen-bond acceptors (Lipinski definition) is 8. The predicted molar refractivity (Wildman–Crippen MR) is 144 cm³/mol. The van der Waals surface area contributed by atoms with Crippen molar-refractivity contribution in [2.24, 2.45) is 0 Å². The molecule has 0 bridgehead atoms. The first-order valence-corrected chi connectivity index (χ1v) is 12.6. The van der Waals surface area contributed by atoms with E-state index in [1.165, 1.54) is 26.4 Å². The van der Waals surface area contributed by atoms with Crippen molar-refractivity contribution in [3.63, 3.8) is 0 Å². The van der Waals surface area contributed by atoms with Gasteiger partial charge in [0, 0.05) is 10.6 Å². The van der Waals surface area contributed by atoms with Crippen LogP contribution in [-0.2, 0) is 29.1 Å². The molecule has 0 N–H and O–H groups in total. The Morgan fingerprint density at radius 1 is 1.13 bits per heavy atom. The van der Waals surface area contributed by atoms with Crippen molar-refractivity contribution in [1.29, 1.82) is 0 Å². The van der Waals surface area contributed by atoms with Gasteiger partial charge in [0.05, 0.1) is 25.7 Å². The molecule has 0 spiro atoms. The number of nitrogens with zero attached hydrogens (tertiary/aromatic N) is 1. The molecule has 1 fully saturated rings. The average molecular weight is 554 g/mol. The third kappa shape index (κ3) is 6.12. The Morgan fingerprint density at radius 2 is 1.89 bits per heavy atom. The van der Waals surface area contributed by atoms with E-state index in [2.05, 4.69) is 11.3 Å². The van der Waals surface area contributed by atoms with Crippen LogP contribution in [0.1, 0.15) is 33.0 Å². The molecule has 1 aliphatic rings. The van der Waals surface area contributed by atoms with Crippen molar-refractivity contribution in [1.82, 2.24) is 4.90 Å². The number of carbonyl (C=O) groups excluding carboxylic acids is 3. The SMILES string of the molecule is C=CCc1cc(/C=C2/SC(=O)N(Cc3ccc(C(=O)OC)o3)C2=O)cc(OC)c1OCc1ccc(Cl)cc1. The van der Waals surface area contributed by atoms with Crippen LogP contribution in [0.4, 0.5) is 4.79 Å². The number of hydrogen-bond donors (Lipinski definition) is 0. The van der Waals surface area contributed by atoms with Gasteiger partial charge in [-0.1, -0.05) is 29.8 Å². The van der Waals surface area contributed by atoms with Crippen molar-refractivity contribution in [3.8, 4) is 11.5 Å². The highest BCUT2D eigenvalue weighted by Crippen LogP contribution is 2.38. The van der Waals surface area contributed by atoms with Gasteiger partial charge in [-0.15, -0.1) is 6.58 Å². The van der Waals surface area contributed by atoms with Gasteiger partial charge in [-0.2, -0.15) is 0 Å². The van der Waals surface area contributed by atoms with Crippen molar-refractivity contribution >= 4 is 46.6 Å². The Kier molecular flexibility index (Phi) is 8.60. The fraction of sp³-hybridized carbons (Fsp3) is 0.179. The van der Waals surface area contributed by atoms with Gasteiger partial charge < -0.3 is 18.6 Å². The van der Waals surface area contributed by atoms with Crippen molar-refractivity contribution in [2.75, 3.05) is 14.2 Å². The summed E-state index contributed by atoms with van der Waals surface area (Å²) >= 11 is 6.79. The Balaban J connectivity index is 1.56. The van der Waals surface area contributed by atoms with E-state index >= 15 is 0 Å². The summed E-state index contributed by atoms with van der Waals surface area (Å²) < 4.78 is 21.7. The highest BCUT2D eigenvalue weighted by Gasteiger charge is 2.36. The van der Waals surface area contributed by atoms with Gasteiger partial charge in [-0.25, -0.2) is 4.79 Å². The largest absolute Gasteiger partial charge is 0.493 e. The molecule has 2 heterocycles. The van der Waals surface area contributed by atoms with Crippen LogP contribution in [0.5, 0.6) is 11.5 Å². The van der Waals surface area contributed by atoms with E-state index in [-0.39, 0.29) is 23.0 Å². The highest BCUT2D eigenvalue weighted by molar-refractivity contribution is 8.18. The molecule has 1 aromatic heterocycles. The van der Waals surface area contributed by atoms with Gasteiger partial charge in [-0.05, 0) is 71.8 Å². The molecule has 0 unspecified atom stereocenters. The fourth-order valence-corrected chi connectivity index (χ4v) is 4.71. The van der Waals surface area contributed by atoms with Crippen LogP contribution >= 0.6 is 23.4 Å². The van der Waals surface area contributed by atoms with Gasteiger partial charge >= 0.3 is 5.97 Å². The summed E-state index contributed by atoms with van der Waals surface area (Å²) in [6.45, 7) is 4.03. The molecule has 0 aliphatic carbocycles. The van der Waals surface area contributed by atoms with Crippen LogP contribution in [0.25, 0.3) is 6.08 Å². The van der Waals surface area contributed by atoms with Gasteiger partial charge in [0.2, 0.25) is 5.76 Å². The van der Waals surface area contributed by atoms with Crippen LogP contribution in [0.3, 0.4) is 0 Å². The third-order valence-corrected chi connectivity index (χ3v) is 6.73. The molecule has 0 saturated carbocycles. The van der Waals surface area contributed by atoms with Gasteiger partial charge in [0.1, 0.15) is 12.4 Å².